The molecular formula is C18H21F3N2O3. The lowest BCUT2D eigenvalue weighted by atomic mass is 9.91. The van der Waals surface area contributed by atoms with E-state index in [2.05, 4.69) is 5.32 Å². The lowest BCUT2D eigenvalue weighted by molar-refractivity contribution is -0.142. The molecule has 1 aliphatic heterocycles. The van der Waals surface area contributed by atoms with Gasteiger partial charge in [0.2, 0.25) is 0 Å². The van der Waals surface area contributed by atoms with Crippen LogP contribution in [0, 0.1) is 5.92 Å². The van der Waals surface area contributed by atoms with Gasteiger partial charge in [0.25, 0.3) is 0 Å². The van der Waals surface area contributed by atoms with E-state index in [0.29, 0.717) is 0 Å². The van der Waals surface area contributed by atoms with Crippen LogP contribution in [-0.2, 0) is 15.7 Å². The number of halogens is 3. The Bertz CT molecular complexity index is 741. The average molecular weight is 370 g/mol. The Labute approximate surface area is 149 Å². The highest BCUT2D eigenvalue weighted by molar-refractivity contribution is 5.95. The molecule has 0 spiro atoms. The number of allylic oxidation sites excluding steroid dienone is 1. The number of nitrogens with zero attached hydrogens (tertiary/aromatic N) is 1. The molecule has 0 radical (unpaired) electrons. The van der Waals surface area contributed by atoms with Gasteiger partial charge < -0.3 is 15.0 Å². The lowest BCUT2D eigenvalue weighted by Crippen LogP contribution is -2.46. The van der Waals surface area contributed by atoms with Crippen LogP contribution < -0.4 is 5.32 Å². The van der Waals surface area contributed by atoms with Crippen molar-refractivity contribution in [3.05, 3.63) is 46.7 Å². The van der Waals surface area contributed by atoms with Gasteiger partial charge in [-0.3, -0.25) is 0 Å². The highest BCUT2D eigenvalue weighted by atomic mass is 19.4. The maximum absolute atomic E-state index is 13.4. The molecule has 0 saturated heterocycles. The number of urea groups is 1. The second-order valence-electron chi connectivity index (χ2n) is 6.52. The van der Waals surface area contributed by atoms with Gasteiger partial charge in [0.1, 0.15) is 0 Å². The molecule has 5 nitrogen and oxygen atoms in total. The van der Waals surface area contributed by atoms with E-state index < -0.39 is 29.8 Å². The first kappa shape index (κ1) is 19.8. The number of amides is 2. The molecule has 1 aromatic carbocycles. The number of carbonyl (C=O) groups is 2. The monoisotopic (exact) mass is 370 g/mol. The molecular weight excluding hydrogens is 349 g/mol. The molecule has 0 fully saturated rings. The predicted octanol–water partition coefficient (Wildman–Crippen LogP) is 3.87. The predicted molar refractivity (Wildman–Crippen MR) is 89.0 cm³/mol. The Kier molecular flexibility index (Phi) is 5.63. The van der Waals surface area contributed by atoms with Crippen LogP contribution >= 0.6 is 0 Å². The summed E-state index contributed by atoms with van der Waals surface area (Å²) in [4.78, 5) is 25.9. The molecule has 1 heterocycles. The second-order valence-corrected chi connectivity index (χ2v) is 6.52. The van der Waals surface area contributed by atoms with Gasteiger partial charge in [-0.15, -0.1) is 0 Å². The minimum Gasteiger partial charge on any atom is -0.462 e. The summed E-state index contributed by atoms with van der Waals surface area (Å²) in [6.45, 7) is 5.33. The van der Waals surface area contributed by atoms with Gasteiger partial charge in [-0.1, -0.05) is 32.0 Å². The summed E-state index contributed by atoms with van der Waals surface area (Å²) in [5, 5.41) is 2.47. The van der Waals surface area contributed by atoms with Gasteiger partial charge >= 0.3 is 18.2 Å². The Morgan fingerprint density at radius 3 is 2.50 bits per heavy atom. The molecule has 2 rings (SSSR count). The average Bonchev–Trinajstić information content (AvgIpc) is 2.56. The van der Waals surface area contributed by atoms with Gasteiger partial charge in [-0.05, 0) is 24.5 Å². The summed E-state index contributed by atoms with van der Waals surface area (Å²) < 4.78 is 45.4. The van der Waals surface area contributed by atoms with Crippen LogP contribution in [0.15, 0.2) is 35.5 Å². The van der Waals surface area contributed by atoms with Gasteiger partial charge in [0.15, 0.2) is 0 Å². The number of benzene rings is 1. The van der Waals surface area contributed by atoms with Crippen LogP contribution in [0.25, 0.3) is 0 Å². The fourth-order valence-corrected chi connectivity index (χ4v) is 2.66. The van der Waals surface area contributed by atoms with Gasteiger partial charge in [-0.2, -0.15) is 13.2 Å². The summed E-state index contributed by atoms with van der Waals surface area (Å²) in [7, 11) is 1.44. The summed E-state index contributed by atoms with van der Waals surface area (Å²) >= 11 is 0. The number of ether oxygens (including phenoxy) is 1. The third kappa shape index (κ3) is 4.00. The van der Waals surface area contributed by atoms with Crippen LogP contribution in [0.3, 0.4) is 0 Å². The normalized spacial score (nSPS) is 18.2. The largest absolute Gasteiger partial charge is 0.462 e. The van der Waals surface area contributed by atoms with Crippen molar-refractivity contribution in [2.24, 2.45) is 5.92 Å². The van der Waals surface area contributed by atoms with Crippen molar-refractivity contribution in [3.8, 4) is 0 Å². The molecule has 0 bridgehead atoms. The summed E-state index contributed by atoms with van der Waals surface area (Å²) in [5.74, 6) is -0.679. The Hall–Kier alpha value is -2.51. The SMILES string of the molecule is CC1=C(C(=O)OCC(C)C)[C@H](c2ccccc2C(F)(F)F)NC(=O)N1C. The number of carbonyl (C=O) groups excluding carboxylic acids is 2. The van der Waals surface area contributed by atoms with Gasteiger partial charge in [-0.25, -0.2) is 9.59 Å². The molecule has 26 heavy (non-hydrogen) atoms. The maximum atomic E-state index is 13.4. The number of hydrogen-bond acceptors (Lipinski definition) is 3. The zero-order chi connectivity index (χ0) is 19.6. The fraction of sp³-hybridized carbons (Fsp3) is 0.444. The quantitative estimate of drug-likeness (QED) is 0.819. The Balaban J connectivity index is 2.55. The molecule has 0 aromatic heterocycles. The minimum atomic E-state index is -4.62. The van der Waals surface area contributed by atoms with Gasteiger partial charge in [0.05, 0.1) is 23.8 Å². The number of alkyl halides is 3. The van der Waals surface area contributed by atoms with Crippen LogP contribution in [0.1, 0.15) is 37.9 Å². The van der Waals surface area contributed by atoms with Crippen molar-refractivity contribution in [2.45, 2.75) is 33.0 Å². The van der Waals surface area contributed by atoms with E-state index >= 15 is 0 Å². The van der Waals surface area contributed by atoms with Gasteiger partial charge in [0, 0.05) is 12.7 Å². The highest BCUT2D eigenvalue weighted by Crippen LogP contribution is 2.39. The van der Waals surface area contributed by atoms with Crippen molar-refractivity contribution in [2.75, 3.05) is 13.7 Å². The molecule has 1 N–H and O–H groups in total. The van der Waals surface area contributed by atoms with Crippen LogP contribution in [-0.4, -0.2) is 30.6 Å². The number of nitrogens with one attached hydrogen (secondary N) is 1. The fourth-order valence-electron chi connectivity index (χ4n) is 2.66. The minimum absolute atomic E-state index is 0.00977. The Morgan fingerprint density at radius 2 is 1.92 bits per heavy atom. The number of esters is 1. The lowest BCUT2D eigenvalue weighted by Gasteiger charge is -2.34. The van der Waals surface area contributed by atoms with E-state index in [-0.39, 0.29) is 29.4 Å². The smallest absolute Gasteiger partial charge is 0.416 e. The first-order valence-electron chi connectivity index (χ1n) is 8.12. The van der Waals surface area contributed by atoms with Crippen molar-refractivity contribution < 1.29 is 27.5 Å². The molecule has 2 amide bonds. The maximum Gasteiger partial charge on any atom is 0.416 e. The second kappa shape index (κ2) is 7.39. The molecule has 1 atom stereocenters. The topological polar surface area (TPSA) is 58.6 Å². The van der Waals surface area contributed by atoms with E-state index in [0.717, 1.165) is 6.07 Å². The van der Waals surface area contributed by atoms with Crippen LogP contribution in [0.2, 0.25) is 0 Å². The third-order valence-electron chi connectivity index (χ3n) is 4.10. The van der Waals surface area contributed by atoms with Crippen molar-refractivity contribution >= 4 is 12.0 Å². The van der Waals surface area contributed by atoms with Crippen LogP contribution in [0.5, 0.6) is 0 Å². The molecule has 8 heteroatoms. The number of hydrogen-bond donors (Lipinski definition) is 1. The molecule has 1 aliphatic rings. The zero-order valence-electron chi connectivity index (χ0n) is 15.0. The third-order valence-corrected chi connectivity index (χ3v) is 4.10. The summed E-state index contributed by atoms with van der Waals surface area (Å²) in [6.07, 6.45) is -4.62. The van der Waals surface area contributed by atoms with E-state index in [9.17, 15) is 22.8 Å². The molecule has 0 aliphatic carbocycles. The van der Waals surface area contributed by atoms with Crippen LogP contribution in [0.4, 0.5) is 18.0 Å². The van der Waals surface area contributed by atoms with E-state index in [1.165, 1.54) is 37.1 Å². The molecule has 0 unspecified atom stereocenters. The first-order valence-corrected chi connectivity index (χ1v) is 8.12. The molecule has 1 aromatic rings. The number of rotatable bonds is 4. The molecule has 142 valence electrons. The Morgan fingerprint density at radius 1 is 1.31 bits per heavy atom. The van der Waals surface area contributed by atoms with E-state index in [4.69, 9.17) is 4.74 Å². The zero-order valence-corrected chi connectivity index (χ0v) is 15.0. The van der Waals surface area contributed by atoms with Crippen molar-refractivity contribution in [1.29, 1.82) is 0 Å². The standard InChI is InChI=1S/C18H21F3N2O3/c1-10(2)9-26-16(24)14-11(3)23(4)17(25)22-15(14)12-7-5-6-8-13(12)18(19,20)21/h5-8,10,15H,9H2,1-4H3,(H,22,25)/t15-/m0/s1. The van der Waals surface area contributed by atoms with Crippen molar-refractivity contribution in [3.63, 3.8) is 0 Å². The van der Waals surface area contributed by atoms with Crippen molar-refractivity contribution in [1.82, 2.24) is 10.2 Å². The summed E-state index contributed by atoms with van der Waals surface area (Å²) in [5.41, 5.74) is -0.858. The molecule has 0 saturated carbocycles. The summed E-state index contributed by atoms with van der Waals surface area (Å²) in [6, 6.07) is 3.03. The highest BCUT2D eigenvalue weighted by Gasteiger charge is 2.41. The first-order chi connectivity index (χ1) is 12.0. The van der Waals surface area contributed by atoms with E-state index in [1.54, 1.807) is 0 Å². The van der Waals surface area contributed by atoms with E-state index in [1.807, 2.05) is 13.8 Å².